The number of carbonyl (C=O) groups is 2. The van der Waals surface area contributed by atoms with Crippen LogP contribution in [0.3, 0.4) is 0 Å². The van der Waals surface area contributed by atoms with E-state index in [1.807, 2.05) is 76.2 Å². The van der Waals surface area contributed by atoms with E-state index in [0.29, 0.717) is 16.3 Å². The minimum Gasteiger partial charge on any atom is -0.465 e. The highest BCUT2D eigenvalue weighted by molar-refractivity contribution is 6.30. The second-order valence-electron chi connectivity index (χ2n) is 8.63. The van der Waals surface area contributed by atoms with Crippen LogP contribution in [0.2, 0.25) is 5.02 Å². The van der Waals surface area contributed by atoms with Gasteiger partial charge in [0.1, 0.15) is 0 Å². The average Bonchev–Trinajstić information content (AvgIpc) is 3.19. The van der Waals surface area contributed by atoms with Crippen molar-refractivity contribution < 1.29 is 14.3 Å². The Labute approximate surface area is 204 Å². The van der Waals surface area contributed by atoms with Crippen molar-refractivity contribution in [3.05, 3.63) is 98.5 Å². The number of aryl methyl sites for hydroxylation is 3. The number of esters is 1. The summed E-state index contributed by atoms with van der Waals surface area (Å²) in [5, 5.41) is 0.667. The second kappa shape index (κ2) is 8.99. The predicted octanol–water partition coefficient (Wildman–Crippen LogP) is 6.24. The smallest absolute Gasteiger partial charge is 0.340 e. The number of halogens is 1. The van der Waals surface area contributed by atoms with Crippen molar-refractivity contribution >= 4 is 35.2 Å². The number of ether oxygens (including phenoxy) is 1. The van der Waals surface area contributed by atoms with E-state index in [4.69, 9.17) is 16.3 Å². The maximum absolute atomic E-state index is 13.7. The Balaban J connectivity index is 1.86. The van der Waals surface area contributed by atoms with Gasteiger partial charge in [0, 0.05) is 33.5 Å². The van der Waals surface area contributed by atoms with Crippen molar-refractivity contribution in [2.45, 2.75) is 34.6 Å². The zero-order chi connectivity index (χ0) is 24.7. The SMILES string of the molecule is COC(=O)C1=C(C)N(c2cc(C)cc(C)c2)C(=O)/C1=C\c1cc(C)n(-c2ccc(Cl)cc2)c1C. The summed E-state index contributed by atoms with van der Waals surface area (Å²) in [5.41, 5.74) is 7.75. The Morgan fingerprint density at radius 3 is 2.12 bits per heavy atom. The van der Waals surface area contributed by atoms with Gasteiger partial charge in [-0.05, 0) is 99.8 Å². The van der Waals surface area contributed by atoms with Crippen molar-refractivity contribution in [2.24, 2.45) is 0 Å². The number of aromatic nitrogens is 1. The maximum atomic E-state index is 13.7. The zero-order valence-electron chi connectivity index (χ0n) is 20.2. The highest BCUT2D eigenvalue weighted by Crippen LogP contribution is 2.37. The van der Waals surface area contributed by atoms with E-state index in [-0.39, 0.29) is 11.5 Å². The lowest BCUT2D eigenvalue weighted by Crippen LogP contribution is -2.24. The molecule has 4 rings (SSSR count). The molecule has 174 valence electrons. The lowest BCUT2D eigenvalue weighted by molar-refractivity contribution is -0.136. The molecule has 2 heterocycles. The van der Waals surface area contributed by atoms with Gasteiger partial charge in [0.05, 0.1) is 18.3 Å². The third-order valence-corrected chi connectivity index (χ3v) is 6.36. The van der Waals surface area contributed by atoms with Crippen LogP contribution in [0.15, 0.2) is 65.4 Å². The molecule has 1 amide bonds. The third-order valence-electron chi connectivity index (χ3n) is 6.11. The Hall–Kier alpha value is -3.57. The quantitative estimate of drug-likeness (QED) is 0.332. The number of methoxy groups -OCH3 is 1. The van der Waals surface area contributed by atoms with E-state index < -0.39 is 5.97 Å². The summed E-state index contributed by atoms with van der Waals surface area (Å²) in [4.78, 5) is 28.0. The van der Waals surface area contributed by atoms with Gasteiger partial charge >= 0.3 is 5.97 Å². The van der Waals surface area contributed by atoms with Crippen molar-refractivity contribution in [1.29, 1.82) is 0 Å². The van der Waals surface area contributed by atoms with E-state index in [0.717, 1.165) is 39.5 Å². The lowest BCUT2D eigenvalue weighted by Gasteiger charge is -2.19. The summed E-state index contributed by atoms with van der Waals surface area (Å²) >= 11 is 6.06. The third kappa shape index (κ3) is 4.08. The first-order valence-corrected chi connectivity index (χ1v) is 11.4. The van der Waals surface area contributed by atoms with Crippen molar-refractivity contribution in [2.75, 3.05) is 12.0 Å². The molecule has 5 nitrogen and oxygen atoms in total. The number of carbonyl (C=O) groups excluding carboxylic acids is 2. The van der Waals surface area contributed by atoms with Gasteiger partial charge in [-0.25, -0.2) is 4.79 Å². The summed E-state index contributed by atoms with van der Waals surface area (Å²) < 4.78 is 7.15. The van der Waals surface area contributed by atoms with Crippen LogP contribution in [0.1, 0.15) is 35.0 Å². The van der Waals surface area contributed by atoms with E-state index >= 15 is 0 Å². The molecule has 0 radical (unpaired) electrons. The van der Waals surface area contributed by atoms with Crippen LogP contribution in [0.4, 0.5) is 5.69 Å². The Kier molecular flexibility index (Phi) is 6.24. The first-order valence-electron chi connectivity index (χ1n) is 11.0. The second-order valence-corrected chi connectivity index (χ2v) is 9.07. The highest BCUT2D eigenvalue weighted by Gasteiger charge is 2.38. The molecule has 1 aliphatic rings. The molecule has 34 heavy (non-hydrogen) atoms. The molecule has 0 N–H and O–H groups in total. The molecule has 6 heteroatoms. The number of anilines is 1. The topological polar surface area (TPSA) is 51.5 Å². The zero-order valence-corrected chi connectivity index (χ0v) is 20.9. The van der Waals surface area contributed by atoms with Gasteiger partial charge in [-0.2, -0.15) is 0 Å². The molecule has 0 unspecified atom stereocenters. The van der Waals surface area contributed by atoms with E-state index in [9.17, 15) is 9.59 Å². The minimum absolute atomic E-state index is 0.251. The van der Waals surface area contributed by atoms with Crippen LogP contribution in [0, 0.1) is 27.7 Å². The van der Waals surface area contributed by atoms with Gasteiger partial charge < -0.3 is 9.30 Å². The summed E-state index contributed by atoms with van der Waals surface area (Å²) in [7, 11) is 1.33. The molecule has 2 aromatic carbocycles. The molecule has 0 saturated heterocycles. The number of hydrogen-bond donors (Lipinski definition) is 0. The van der Waals surface area contributed by atoms with Crippen LogP contribution in [0.25, 0.3) is 11.8 Å². The molecule has 0 saturated carbocycles. The van der Waals surface area contributed by atoms with Gasteiger partial charge in [-0.3, -0.25) is 9.69 Å². The van der Waals surface area contributed by atoms with Crippen LogP contribution < -0.4 is 4.90 Å². The van der Waals surface area contributed by atoms with Gasteiger partial charge in [0.25, 0.3) is 5.91 Å². The van der Waals surface area contributed by atoms with Gasteiger partial charge in [0.2, 0.25) is 0 Å². The molecule has 3 aromatic rings. The minimum atomic E-state index is -0.532. The van der Waals surface area contributed by atoms with E-state index in [1.54, 1.807) is 17.9 Å². The monoisotopic (exact) mass is 474 g/mol. The molecule has 0 aliphatic carbocycles. The fraction of sp³-hybridized carbons (Fsp3) is 0.214. The molecule has 1 aliphatic heterocycles. The maximum Gasteiger partial charge on any atom is 0.340 e. The Bertz CT molecular complexity index is 1360. The lowest BCUT2D eigenvalue weighted by atomic mass is 10.0. The number of amides is 1. The number of rotatable bonds is 4. The largest absolute Gasteiger partial charge is 0.465 e. The van der Waals surface area contributed by atoms with Gasteiger partial charge in [0.15, 0.2) is 0 Å². The standard InChI is InChI=1S/C28H27ClN2O3/c1-16-11-17(2)13-24(12-16)31-20(5)26(28(33)34-6)25(27(31)32)15-21-14-18(3)30(19(21)4)23-9-7-22(29)8-10-23/h7-15H,1-6H3/b25-15-. The van der Waals surface area contributed by atoms with Gasteiger partial charge in [-0.1, -0.05) is 17.7 Å². The Morgan fingerprint density at radius 1 is 0.912 bits per heavy atom. The van der Waals surface area contributed by atoms with E-state index in [1.165, 1.54) is 7.11 Å². The number of benzene rings is 2. The number of allylic oxidation sites excluding steroid dienone is 1. The molecule has 0 bridgehead atoms. The summed E-state index contributed by atoms with van der Waals surface area (Å²) in [5.74, 6) is -0.783. The fourth-order valence-electron chi connectivity index (χ4n) is 4.65. The van der Waals surface area contributed by atoms with Crippen molar-refractivity contribution in [3.8, 4) is 5.69 Å². The normalized spacial score (nSPS) is 15.0. The van der Waals surface area contributed by atoms with Crippen LogP contribution >= 0.6 is 11.6 Å². The van der Waals surface area contributed by atoms with E-state index in [2.05, 4.69) is 4.57 Å². The molecule has 1 aromatic heterocycles. The summed E-state index contributed by atoms with van der Waals surface area (Å²) in [6.07, 6.45) is 1.79. The fourth-order valence-corrected chi connectivity index (χ4v) is 4.77. The Morgan fingerprint density at radius 2 is 1.53 bits per heavy atom. The van der Waals surface area contributed by atoms with Crippen molar-refractivity contribution in [1.82, 2.24) is 4.57 Å². The highest BCUT2D eigenvalue weighted by atomic mass is 35.5. The van der Waals surface area contributed by atoms with Crippen LogP contribution in [-0.2, 0) is 14.3 Å². The molecular weight excluding hydrogens is 448 g/mol. The molecule has 0 spiro atoms. The molecular formula is C28H27ClN2O3. The first-order chi connectivity index (χ1) is 16.1. The first kappa shape index (κ1) is 23.6. The summed E-state index contributed by atoms with van der Waals surface area (Å²) in [6, 6.07) is 15.5. The molecule has 0 fully saturated rings. The van der Waals surface area contributed by atoms with Gasteiger partial charge in [-0.15, -0.1) is 0 Å². The predicted molar refractivity (Wildman–Crippen MR) is 136 cm³/mol. The summed E-state index contributed by atoms with van der Waals surface area (Å²) in [6.45, 7) is 9.74. The van der Waals surface area contributed by atoms with Crippen molar-refractivity contribution in [3.63, 3.8) is 0 Å². The number of hydrogen-bond acceptors (Lipinski definition) is 3. The van der Waals surface area contributed by atoms with Crippen LogP contribution in [-0.4, -0.2) is 23.6 Å². The molecule has 0 atom stereocenters. The van der Waals surface area contributed by atoms with Crippen LogP contribution in [0.5, 0.6) is 0 Å². The average molecular weight is 475 g/mol. The number of nitrogens with zero attached hydrogens (tertiary/aromatic N) is 2.